The number of benzene rings is 1. The number of likely N-dealkylation sites (N-methyl/N-ethyl adjacent to an activating group) is 1. The Morgan fingerprint density at radius 3 is 2.52 bits per heavy atom. The molecule has 2 amide bonds. The Morgan fingerprint density at radius 1 is 1.08 bits per heavy atom. The smallest absolute Gasteiger partial charge is 0.274 e. The third kappa shape index (κ3) is 5.70. The SMILES string of the molecule is CN(C)CCNC(=O)c1ccnc(C(=O)Nc2ccc(Cl)c(Cl)c2)c1. The highest BCUT2D eigenvalue weighted by atomic mass is 35.5. The number of aromatic nitrogens is 1. The molecular formula is C17H18Cl2N4O2. The molecule has 0 saturated carbocycles. The summed E-state index contributed by atoms with van der Waals surface area (Å²) in [6.07, 6.45) is 1.42. The van der Waals surface area contributed by atoms with E-state index in [2.05, 4.69) is 15.6 Å². The molecule has 1 aromatic carbocycles. The third-order valence-corrected chi connectivity index (χ3v) is 4.02. The molecule has 8 heteroatoms. The predicted molar refractivity (Wildman–Crippen MR) is 99.5 cm³/mol. The molecular weight excluding hydrogens is 363 g/mol. The van der Waals surface area contributed by atoms with Crippen LogP contribution in [0.2, 0.25) is 10.0 Å². The number of rotatable bonds is 6. The van der Waals surface area contributed by atoms with Gasteiger partial charge >= 0.3 is 0 Å². The lowest BCUT2D eigenvalue weighted by Crippen LogP contribution is -2.31. The van der Waals surface area contributed by atoms with Gasteiger partial charge in [0.05, 0.1) is 10.0 Å². The van der Waals surface area contributed by atoms with Crippen molar-refractivity contribution in [2.24, 2.45) is 0 Å². The van der Waals surface area contributed by atoms with Crippen molar-refractivity contribution in [2.75, 3.05) is 32.5 Å². The van der Waals surface area contributed by atoms with Crippen molar-refractivity contribution in [3.63, 3.8) is 0 Å². The molecule has 0 radical (unpaired) electrons. The van der Waals surface area contributed by atoms with E-state index in [4.69, 9.17) is 23.2 Å². The molecule has 25 heavy (non-hydrogen) atoms. The van der Waals surface area contributed by atoms with Crippen molar-refractivity contribution in [3.05, 3.63) is 57.8 Å². The Bertz CT molecular complexity index is 781. The molecule has 0 aliphatic carbocycles. The summed E-state index contributed by atoms with van der Waals surface area (Å²) >= 11 is 11.8. The Kier molecular flexibility index (Phi) is 6.75. The van der Waals surface area contributed by atoms with Gasteiger partial charge in [-0.25, -0.2) is 0 Å². The minimum Gasteiger partial charge on any atom is -0.351 e. The molecule has 132 valence electrons. The van der Waals surface area contributed by atoms with Crippen LogP contribution in [0.1, 0.15) is 20.8 Å². The number of nitrogens with zero attached hydrogens (tertiary/aromatic N) is 2. The number of amides is 2. The number of anilines is 1. The van der Waals surface area contributed by atoms with Gasteiger partial charge in [0.1, 0.15) is 5.69 Å². The monoisotopic (exact) mass is 380 g/mol. The molecule has 1 aromatic heterocycles. The minimum absolute atomic E-state index is 0.131. The van der Waals surface area contributed by atoms with E-state index in [0.717, 1.165) is 6.54 Å². The Labute approximate surface area is 156 Å². The second kappa shape index (κ2) is 8.80. The first-order chi connectivity index (χ1) is 11.9. The molecule has 2 aromatic rings. The number of halogens is 2. The lowest BCUT2D eigenvalue weighted by molar-refractivity contribution is 0.0951. The normalized spacial score (nSPS) is 10.6. The summed E-state index contributed by atoms with van der Waals surface area (Å²) in [7, 11) is 3.84. The molecule has 0 aliphatic heterocycles. The molecule has 0 aliphatic rings. The van der Waals surface area contributed by atoms with Crippen LogP contribution in [0.25, 0.3) is 0 Å². The highest BCUT2D eigenvalue weighted by Gasteiger charge is 2.12. The lowest BCUT2D eigenvalue weighted by atomic mass is 10.2. The summed E-state index contributed by atoms with van der Waals surface area (Å²) in [6.45, 7) is 1.24. The van der Waals surface area contributed by atoms with Crippen molar-refractivity contribution in [3.8, 4) is 0 Å². The van der Waals surface area contributed by atoms with Crippen LogP contribution in [-0.4, -0.2) is 48.9 Å². The van der Waals surface area contributed by atoms with Crippen molar-refractivity contribution in [2.45, 2.75) is 0 Å². The van der Waals surface area contributed by atoms with Crippen LogP contribution in [0.5, 0.6) is 0 Å². The number of nitrogens with one attached hydrogen (secondary N) is 2. The van der Waals surface area contributed by atoms with Crippen LogP contribution >= 0.6 is 23.2 Å². The van der Waals surface area contributed by atoms with E-state index in [1.807, 2.05) is 19.0 Å². The summed E-state index contributed by atoms with van der Waals surface area (Å²) in [4.78, 5) is 30.4. The zero-order valence-electron chi connectivity index (χ0n) is 13.8. The molecule has 0 saturated heterocycles. The van der Waals surface area contributed by atoms with Gasteiger partial charge in [-0.2, -0.15) is 0 Å². The summed E-state index contributed by atoms with van der Waals surface area (Å²) in [6, 6.07) is 7.75. The van der Waals surface area contributed by atoms with E-state index in [9.17, 15) is 9.59 Å². The van der Waals surface area contributed by atoms with Gasteiger partial charge in [0, 0.05) is 30.5 Å². The molecule has 2 N–H and O–H groups in total. The maximum absolute atomic E-state index is 12.3. The Hall–Kier alpha value is -2.15. The molecule has 0 spiro atoms. The van der Waals surface area contributed by atoms with Gasteiger partial charge in [0.2, 0.25) is 0 Å². The summed E-state index contributed by atoms with van der Waals surface area (Å²) in [5.41, 5.74) is 0.987. The average Bonchev–Trinajstić information content (AvgIpc) is 2.58. The van der Waals surface area contributed by atoms with Gasteiger partial charge < -0.3 is 15.5 Å². The quantitative estimate of drug-likeness (QED) is 0.807. The van der Waals surface area contributed by atoms with Gasteiger partial charge in [0.15, 0.2) is 0 Å². The fourth-order valence-corrected chi connectivity index (χ4v) is 2.26. The maximum atomic E-state index is 12.3. The van der Waals surface area contributed by atoms with Gasteiger partial charge in [-0.3, -0.25) is 14.6 Å². The van der Waals surface area contributed by atoms with Crippen LogP contribution in [0.15, 0.2) is 36.5 Å². The van der Waals surface area contributed by atoms with E-state index in [1.165, 1.54) is 12.3 Å². The molecule has 6 nitrogen and oxygen atoms in total. The molecule has 0 bridgehead atoms. The van der Waals surface area contributed by atoms with Gasteiger partial charge in [-0.05, 0) is 44.4 Å². The number of hydrogen-bond acceptors (Lipinski definition) is 4. The van der Waals surface area contributed by atoms with E-state index in [1.54, 1.807) is 24.3 Å². The number of carbonyl (C=O) groups excluding carboxylic acids is 2. The molecule has 0 unspecified atom stereocenters. The van der Waals surface area contributed by atoms with Gasteiger partial charge in [-0.1, -0.05) is 23.2 Å². The topological polar surface area (TPSA) is 74.3 Å². The maximum Gasteiger partial charge on any atom is 0.274 e. The summed E-state index contributed by atoms with van der Waals surface area (Å²) < 4.78 is 0. The van der Waals surface area contributed by atoms with Crippen LogP contribution in [0.3, 0.4) is 0 Å². The van der Waals surface area contributed by atoms with Crippen LogP contribution in [0.4, 0.5) is 5.69 Å². The van der Waals surface area contributed by atoms with Gasteiger partial charge in [0.25, 0.3) is 11.8 Å². The summed E-state index contributed by atoms with van der Waals surface area (Å²) in [5.74, 6) is -0.700. The van der Waals surface area contributed by atoms with Crippen LogP contribution in [-0.2, 0) is 0 Å². The van der Waals surface area contributed by atoms with Crippen LogP contribution < -0.4 is 10.6 Å². The number of carbonyl (C=O) groups is 2. The van der Waals surface area contributed by atoms with E-state index in [-0.39, 0.29) is 11.6 Å². The average molecular weight is 381 g/mol. The van der Waals surface area contributed by atoms with Crippen molar-refractivity contribution < 1.29 is 9.59 Å². The first kappa shape index (κ1) is 19.2. The van der Waals surface area contributed by atoms with E-state index in [0.29, 0.717) is 27.8 Å². The molecule has 1 heterocycles. The molecule has 2 rings (SSSR count). The number of pyridine rings is 1. The standard InChI is InChI=1S/C17H18Cl2N4O2/c1-23(2)8-7-21-16(24)11-5-6-20-15(9-11)17(25)22-12-3-4-13(18)14(19)10-12/h3-6,9-10H,7-8H2,1-2H3,(H,21,24)(H,22,25). The largest absolute Gasteiger partial charge is 0.351 e. The predicted octanol–water partition coefficient (Wildman–Crippen LogP) is 2.93. The second-order valence-corrected chi connectivity index (χ2v) is 6.39. The zero-order valence-corrected chi connectivity index (χ0v) is 15.4. The van der Waals surface area contributed by atoms with Gasteiger partial charge in [-0.15, -0.1) is 0 Å². The van der Waals surface area contributed by atoms with E-state index >= 15 is 0 Å². The number of hydrogen-bond donors (Lipinski definition) is 2. The highest BCUT2D eigenvalue weighted by Crippen LogP contribution is 2.25. The molecule has 0 fully saturated rings. The first-order valence-electron chi connectivity index (χ1n) is 7.52. The van der Waals surface area contributed by atoms with Crippen molar-refractivity contribution >= 4 is 40.7 Å². The third-order valence-electron chi connectivity index (χ3n) is 3.28. The first-order valence-corrected chi connectivity index (χ1v) is 8.28. The summed E-state index contributed by atoms with van der Waals surface area (Å²) in [5, 5.41) is 6.19. The Morgan fingerprint density at radius 2 is 1.84 bits per heavy atom. The second-order valence-electron chi connectivity index (χ2n) is 5.57. The Balaban J connectivity index is 2.05. The fourth-order valence-electron chi connectivity index (χ4n) is 1.96. The fraction of sp³-hybridized carbons (Fsp3) is 0.235. The van der Waals surface area contributed by atoms with Crippen LogP contribution in [0, 0.1) is 0 Å². The highest BCUT2D eigenvalue weighted by molar-refractivity contribution is 6.42. The lowest BCUT2D eigenvalue weighted by Gasteiger charge is -2.11. The van der Waals surface area contributed by atoms with E-state index < -0.39 is 5.91 Å². The van der Waals surface area contributed by atoms with Crippen molar-refractivity contribution in [1.29, 1.82) is 0 Å². The minimum atomic E-state index is -0.443. The van der Waals surface area contributed by atoms with Crippen molar-refractivity contribution in [1.82, 2.24) is 15.2 Å². The molecule has 0 atom stereocenters. The zero-order chi connectivity index (χ0) is 18.4.